The number of hydrogen-bond donors (Lipinski definition) is 2. The Bertz CT molecular complexity index is 448. The van der Waals surface area contributed by atoms with E-state index < -0.39 is 12.0 Å². The molecule has 5 nitrogen and oxygen atoms in total. The van der Waals surface area contributed by atoms with Gasteiger partial charge in [-0.1, -0.05) is 0 Å². The van der Waals surface area contributed by atoms with Crippen LogP contribution in [-0.2, 0) is 9.53 Å². The first-order chi connectivity index (χ1) is 8.15. The van der Waals surface area contributed by atoms with Crippen LogP contribution in [-0.4, -0.2) is 28.3 Å². The van der Waals surface area contributed by atoms with E-state index in [4.69, 9.17) is 15.6 Å². The quantitative estimate of drug-likeness (QED) is 0.848. The van der Waals surface area contributed by atoms with Gasteiger partial charge in [0.25, 0.3) is 0 Å². The molecule has 4 unspecified atom stereocenters. The molecule has 3 heterocycles. The molecule has 2 aliphatic rings. The monoisotopic (exact) mass is 254 g/mol. The van der Waals surface area contributed by atoms with E-state index in [0.29, 0.717) is 17.7 Å². The van der Waals surface area contributed by atoms with Crippen LogP contribution in [0, 0.1) is 0 Å². The molecule has 4 atom stereocenters. The lowest BCUT2D eigenvalue weighted by atomic mass is 9.90. The van der Waals surface area contributed by atoms with Crippen molar-refractivity contribution in [3.8, 4) is 0 Å². The molecule has 0 spiro atoms. The summed E-state index contributed by atoms with van der Waals surface area (Å²) in [4.78, 5) is 15.1. The minimum absolute atomic E-state index is 0.278. The van der Waals surface area contributed by atoms with Crippen molar-refractivity contribution >= 4 is 17.3 Å². The molecule has 2 fully saturated rings. The molecule has 1 aromatic heterocycles. The maximum Gasteiger partial charge on any atom is 0.326 e. The summed E-state index contributed by atoms with van der Waals surface area (Å²) >= 11 is 1.50. The minimum Gasteiger partial charge on any atom is -0.480 e. The fraction of sp³-hybridized carbons (Fsp3) is 0.636. The van der Waals surface area contributed by atoms with Crippen LogP contribution in [0.15, 0.2) is 5.38 Å². The van der Waals surface area contributed by atoms with Gasteiger partial charge >= 0.3 is 5.97 Å². The average molecular weight is 254 g/mol. The van der Waals surface area contributed by atoms with Crippen molar-refractivity contribution in [2.75, 3.05) is 0 Å². The van der Waals surface area contributed by atoms with E-state index in [2.05, 4.69) is 4.98 Å². The van der Waals surface area contributed by atoms with Gasteiger partial charge in [-0.2, -0.15) is 0 Å². The predicted octanol–water partition coefficient (Wildman–Crippen LogP) is 1.26. The Morgan fingerprint density at radius 1 is 1.65 bits per heavy atom. The fourth-order valence-electron chi connectivity index (χ4n) is 2.64. The van der Waals surface area contributed by atoms with Crippen LogP contribution < -0.4 is 5.73 Å². The minimum atomic E-state index is -1.04. The van der Waals surface area contributed by atoms with Gasteiger partial charge < -0.3 is 15.6 Å². The van der Waals surface area contributed by atoms with Gasteiger partial charge in [0.15, 0.2) is 0 Å². The van der Waals surface area contributed by atoms with Gasteiger partial charge in [0.2, 0.25) is 0 Å². The van der Waals surface area contributed by atoms with Crippen LogP contribution in [0.25, 0.3) is 0 Å². The number of aliphatic carboxylic acids is 1. The molecule has 0 saturated carbocycles. The van der Waals surface area contributed by atoms with Gasteiger partial charge in [0.05, 0.1) is 22.9 Å². The molecule has 2 bridgehead atoms. The van der Waals surface area contributed by atoms with Gasteiger partial charge in [-0.25, -0.2) is 4.98 Å². The molecular formula is C11H14N2O3S. The molecule has 6 heteroatoms. The smallest absolute Gasteiger partial charge is 0.326 e. The molecule has 2 aliphatic heterocycles. The Morgan fingerprint density at radius 3 is 3.06 bits per heavy atom. The van der Waals surface area contributed by atoms with Crippen LogP contribution in [0.4, 0.5) is 0 Å². The van der Waals surface area contributed by atoms with Crippen LogP contribution in [0.5, 0.6) is 0 Å². The van der Waals surface area contributed by atoms with Crippen molar-refractivity contribution in [1.29, 1.82) is 0 Å². The number of nitrogens with two attached hydrogens (primary N) is 1. The molecule has 1 aromatic rings. The number of carboxylic acid groups (broad SMARTS) is 1. The SMILES string of the molecule is NC(C(=O)O)c1csc(C2CC3CCC2O3)n1. The van der Waals surface area contributed by atoms with E-state index in [1.54, 1.807) is 5.38 Å². The first-order valence-corrected chi connectivity index (χ1v) is 6.62. The van der Waals surface area contributed by atoms with E-state index in [1.807, 2.05) is 0 Å². The zero-order chi connectivity index (χ0) is 12.0. The molecule has 2 saturated heterocycles. The largest absolute Gasteiger partial charge is 0.480 e. The first kappa shape index (κ1) is 11.1. The number of hydrogen-bond acceptors (Lipinski definition) is 5. The van der Waals surface area contributed by atoms with Gasteiger partial charge in [-0.15, -0.1) is 11.3 Å². The van der Waals surface area contributed by atoms with Crippen molar-refractivity contribution in [3.63, 3.8) is 0 Å². The van der Waals surface area contributed by atoms with Crippen LogP contribution in [0.2, 0.25) is 0 Å². The van der Waals surface area contributed by atoms with Crippen molar-refractivity contribution < 1.29 is 14.6 Å². The highest BCUT2D eigenvalue weighted by Crippen LogP contribution is 2.45. The Kier molecular flexibility index (Phi) is 2.65. The third-order valence-electron chi connectivity index (χ3n) is 3.55. The number of carboxylic acids is 1. The number of nitrogens with zero attached hydrogens (tertiary/aromatic N) is 1. The number of aromatic nitrogens is 1. The summed E-state index contributed by atoms with van der Waals surface area (Å²) in [6.45, 7) is 0. The Hall–Kier alpha value is -0.980. The number of fused-ring (bicyclic) bond motifs is 2. The first-order valence-electron chi connectivity index (χ1n) is 5.74. The number of carbonyl (C=O) groups is 1. The lowest BCUT2D eigenvalue weighted by Crippen LogP contribution is -2.21. The standard InChI is InChI=1S/C11H14N2O3S/c12-9(11(14)15)7-4-17-10(13-7)6-3-5-1-2-8(6)16-5/h4-6,8-9H,1-3,12H2,(H,14,15). The highest BCUT2D eigenvalue weighted by atomic mass is 32.1. The maximum atomic E-state index is 10.8. The number of thiazole rings is 1. The van der Waals surface area contributed by atoms with Crippen LogP contribution in [0.3, 0.4) is 0 Å². The molecule has 0 radical (unpaired) electrons. The molecule has 3 N–H and O–H groups in total. The van der Waals surface area contributed by atoms with Gasteiger partial charge in [0, 0.05) is 11.3 Å². The second-order valence-electron chi connectivity index (χ2n) is 4.64. The van der Waals surface area contributed by atoms with E-state index >= 15 is 0 Å². The topological polar surface area (TPSA) is 85.4 Å². The highest BCUT2D eigenvalue weighted by molar-refractivity contribution is 7.09. The molecule has 0 aromatic carbocycles. The molecular weight excluding hydrogens is 240 g/mol. The third kappa shape index (κ3) is 1.86. The molecule has 0 aliphatic carbocycles. The Labute approximate surface area is 103 Å². The number of ether oxygens (including phenoxy) is 1. The zero-order valence-electron chi connectivity index (χ0n) is 9.20. The normalized spacial score (nSPS) is 32.9. The summed E-state index contributed by atoms with van der Waals surface area (Å²) in [6.07, 6.45) is 3.91. The van der Waals surface area contributed by atoms with Crippen LogP contribution >= 0.6 is 11.3 Å². The third-order valence-corrected chi connectivity index (χ3v) is 4.54. The fourth-order valence-corrected chi connectivity index (χ4v) is 3.66. The molecule has 17 heavy (non-hydrogen) atoms. The Balaban J connectivity index is 1.79. The number of rotatable bonds is 3. The maximum absolute atomic E-state index is 10.8. The van der Waals surface area contributed by atoms with Gasteiger partial charge in [-0.05, 0) is 19.3 Å². The molecule has 92 valence electrons. The highest BCUT2D eigenvalue weighted by Gasteiger charge is 2.42. The van der Waals surface area contributed by atoms with Crippen molar-refractivity contribution in [2.45, 2.75) is 43.4 Å². The van der Waals surface area contributed by atoms with Crippen LogP contribution in [0.1, 0.15) is 41.9 Å². The van der Waals surface area contributed by atoms with E-state index in [0.717, 1.165) is 24.3 Å². The molecule has 0 amide bonds. The lowest BCUT2D eigenvalue weighted by molar-refractivity contribution is -0.138. The summed E-state index contributed by atoms with van der Waals surface area (Å²) in [5.41, 5.74) is 6.00. The van der Waals surface area contributed by atoms with Crippen molar-refractivity contribution in [2.24, 2.45) is 5.73 Å². The summed E-state index contributed by atoms with van der Waals surface area (Å²) in [5.74, 6) is -0.695. The van der Waals surface area contributed by atoms with Gasteiger partial charge in [-0.3, -0.25) is 4.79 Å². The average Bonchev–Trinajstić information content (AvgIpc) is 3.02. The van der Waals surface area contributed by atoms with Crippen molar-refractivity contribution in [1.82, 2.24) is 4.98 Å². The predicted molar refractivity (Wildman–Crippen MR) is 61.9 cm³/mol. The Morgan fingerprint density at radius 2 is 2.47 bits per heavy atom. The van der Waals surface area contributed by atoms with Crippen molar-refractivity contribution in [3.05, 3.63) is 16.1 Å². The van der Waals surface area contributed by atoms with E-state index in [-0.39, 0.29) is 6.10 Å². The second-order valence-corrected chi connectivity index (χ2v) is 5.53. The summed E-state index contributed by atoms with van der Waals surface area (Å²) in [7, 11) is 0. The second kappa shape index (κ2) is 4.04. The zero-order valence-corrected chi connectivity index (χ0v) is 10.0. The summed E-state index contributed by atoms with van der Waals surface area (Å²) in [5, 5.41) is 11.6. The lowest BCUT2D eigenvalue weighted by Gasteiger charge is -2.15. The van der Waals surface area contributed by atoms with E-state index in [9.17, 15) is 4.79 Å². The van der Waals surface area contributed by atoms with Gasteiger partial charge in [0.1, 0.15) is 6.04 Å². The van der Waals surface area contributed by atoms with E-state index in [1.165, 1.54) is 11.3 Å². The summed E-state index contributed by atoms with van der Waals surface area (Å²) < 4.78 is 5.78. The molecule has 3 rings (SSSR count). The summed E-state index contributed by atoms with van der Waals surface area (Å²) in [6, 6.07) is -1.01.